The molecule has 0 radical (unpaired) electrons. The molecule has 7 nitrogen and oxygen atoms in total. The molecule has 0 aliphatic carbocycles. The number of aromatic nitrogens is 2. The first-order chi connectivity index (χ1) is 16.7. The van der Waals surface area contributed by atoms with Crippen molar-refractivity contribution >= 4 is 44.7 Å². The number of anilines is 4. The summed E-state index contributed by atoms with van der Waals surface area (Å²) in [5.74, 6) is 1.40. The number of fused-ring (bicyclic) bond motifs is 1. The van der Waals surface area contributed by atoms with Crippen molar-refractivity contribution in [2.24, 2.45) is 0 Å². The number of hydrogen-bond donors (Lipinski definition) is 1. The van der Waals surface area contributed by atoms with Crippen LogP contribution in [0.2, 0.25) is 0 Å². The Kier molecular flexibility index (Phi) is 5.78. The molecule has 4 heterocycles. The summed E-state index contributed by atoms with van der Waals surface area (Å²) in [6.07, 6.45) is 0.928. The number of nitrogens with one attached hydrogen (secondary N) is 1. The van der Waals surface area contributed by atoms with Crippen LogP contribution in [0.3, 0.4) is 0 Å². The Hall–Kier alpha value is -3.20. The van der Waals surface area contributed by atoms with Crippen LogP contribution in [0, 0.1) is 0 Å². The van der Waals surface area contributed by atoms with Gasteiger partial charge in [0.15, 0.2) is 5.82 Å². The number of hydrogen-bond acceptors (Lipinski definition) is 8. The highest BCUT2D eigenvalue weighted by Gasteiger charge is 2.31. The van der Waals surface area contributed by atoms with Gasteiger partial charge in [0.1, 0.15) is 0 Å². The standard InChI is InChI=1S/C26H28N6OS/c1-30-13-15-31(16-14-30)21-9-7-20(8-10-21)27-26-28-22-12-18-34-24(22)25(29-26)32-23(11-17-33-32)19-5-3-2-4-6-19/h2-10,12,18,23H,11,13-17H2,1H3,(H,27,28,29)/t23-/m1/s1. The lowest BCUT2D eigenvalue weighted by atomic mass is 10.0. The number of rotatable bonds is 5. The molecule has 4 aromatic rings. The molecule has 2 aromatic carbocycles. The average Bonchev–Trinajstić information content (AvgIpc) is 3.55. The zero-order chi connectivity index (χ0) is 22.9. The molecule has 2 aromatic heterocycles. The molecule has 0 spiro atoms. The van der Waals surface area contributed by atoms with Crippen molar-refractivity contribution in [3.05, 3.63) is 71.6 Å². The van der Waals surface area contributed by atoms with Crippen molar-refractivity contribution in [2.45, 2.75) is 12.5 Å². The second-order valence-electron chi connectivity index (χ2n) is 8.84. The summed E-state index contributed by atoms with van der Waals surface area (Å²) < 4.78 is 1.04. The van der Waals surface area contributed by atoms with Crippen LogP contribution in [-0.4, -0.2) is 54.7 Å². The highest BCUT2D eigenvalue weighted by molar-refractivity contribution is 7.17. The summed E-state index contributed by atoms with van der Waals surface area (Å²) in [5, 5.41) is 7.45. The molecule has 2 aliphatic rings. The van der Waals surface area contributed by atoms with Gasteiger partial charge in [0.2, 0.25) is 5.95 Å². The van der Waals surface area contributed by atoms with Gasteiger partial charge in [-0.05, 0) is 48.3 Å². The minimum atomic E-state index is 0.136. The maximum atomic E-state index is 6.09. The van der Waals surface area contributed by atoms with Gasteiger partial charge < -0.3 is 15.1 Å². The molecule has 6 rings (SSSR count). The van der Waals surface area contributed by atoms with Gasteiger partial charge in [-0.2, -0.15) is 4.98 Å². The zero-order valence-corrected chi connectivity index (χ0v) is 20.0. The van der Waals surface area contributed by atoms with Crippen LogP contribution in [-0.2, 0) is 4.84 Å². The third-order valence-corrected chi connectivity index (χ3v) is 7.47. The van der Waals surface area contributed by atoms with Gasteiger partial charge in [-0.1, -0.05) is 30.3 Å². The predicted octanol–water partition coefficient (Wildman–Crippen LogP) is 5.07. The van der Waals surface area contributed by atoms with Crippen molar-refractivity contribution in [3.8, 4) is 0 Å². The molecule has 0 bridgehead atoms. The number of piperazine rings is 1. The zero-order valence-electron chi connectivity index (χ0n) is 19.2. The van der Waals surface area contributed by atoms with E-state index in [1.54, 1.807) is 11.3 Å². The average molecular weight is 473 g/mol. The Morgan fingerprint density at radius 1 is 0.941 bits per heavy atom. The van der Waals surface area contributed by atoms with Crippen LogP contribution >= 0.6 is 11.3 Å². The van der Waals surface area contributed by atoms with E-state index in [2.05, 4.69) is 76.1 Å². The molecule has 0 saturated carbocycles. The Balaban J connectivity index is 1.27. The SMILES string of the molecule is CN1CCN(c2ccc(Nc3nc(N4OCC[C@@H]4c4ccccc4)c4sccc4n3)cc2)CC1. The lowest BCUT2D eigenvalue weighted by Gasteiger charge is -2.34. The van der Waals surface area contributed by atoms with Crippen LogP contribution < -0.4 is 15.3 Å². The monoisotopic (exact) mass is 472 g/mol. The highest BCUT2D eigenvalue weighted by Crippen LogP contribution is 2.39. The summed E-state index contributed by atoms with van der Waals surface area (Å²) in [6, 6.07) is 21.2. The summed E-state index contributed by atoms with van der Waals surface area (Å²) in [4.78, 5) is 20.6. The van der Waals surface area contributed by atoms with Crippen LogP contribution in [0.15, 0.2) is 66.0 Å². The highest BCUT2D eigenvalue weighted by atomic mass is 32.1. The van der Waals surface area contributed by atoms with Crippen molar-refractivity contribution in [1.82, 2.24) is 14.9 Å². The maximum Gasteiger partial charge on any atom is 0.229 e. The summed E-state index contributed by atoms with van der Waals surface area (Å²) in [7, 11) is 2.18. The van der Waals surface area contributed by atoms with Gasteiger partial charge in [-0.15, -0.1) is 11.3 Å². The van der Waals surface area contributed by atoms with Crippen LogP contribution in [0.1, 0.15) is 18.0 Å². The Morgan fingerprint density at radius 3 is 2.53 bits per heavy atom. The van der Waals surface area contributed by atoms with Gasteiger partial charge in [-0.25, -0.2) is 10.0 Å². The lowest BCUT2D eigenvalue weighted by molar-refractivity contribution is 0.157. The fourth-order valence-corrected chi connectivity index (χ4v) is 5.47. The van der Waals surface area contributed by atoms with E-state index in [0.29, 0.717) is 12.6 Å². The largest absolute Gasteiger partial charge is 0.369 e. The molecular formula is C26H28N6OS. The van der Waals surface area contributed by atoms with E-state index in [1.165, 1.54) is 11.3 Å². The van der Waals surface area contributed by atoms with E-state index in [4.69, 9.17) is 14.8 Å². The molecule has 1 N–H and O–H groups in total. The number of hydroxylamine groups is 1. The number of benzene rings is 2. The molecule has 0 unspecified atom stereocenters. The normalized spacial score (nSPS) is 19.1. The van der Waals surface area contributed by atoms with Gasteiger partial charge in [-0.3, -0.25) is 4.84 Å². The number of likely N-dealkylation sites (N-methyl/N-ethyl adjacent to an activating group) is 1. The third-order valence-electron chi connectivity index (χ3n) is 6.58. The van der Waals surface area contributed by atoms with E-state index in [0.717, 1.165) is 54.3 Å². The molecule has 174 valence electrons. The summed E-state index contributed by atoms with van der Waals surface area (Å²) in [5.41, 5.74) is 4.39. The molecular weight excluding hydrogens is 444 g/mol. The molecule has 2 fully saturated rings. The fourth-order valence-electron chi connectivity index (χ4n) is 4.66. The molecule has 0 amide bonds. The smallest absolute Gasteiger partial charge is 0.229 e. The molecule has 1 atom stereocenters. The van der Waals surface area contributed by atoms with Gasteiger partial charge in [0, 0.05) is 44.0 Å². The van der Waals surface area contributed by atoms with Crippen molar-refractivity contribution in [2.75, 3.05) is 55.1 Å². The Labute approximate surface area is 203 Å². The first-order valence-electron chi connectivity index (χ1n) is 11.8. The molecule has 8 heteroatoms. The van der Waals surface area contributed by atoms with E-state index < -0.39 is 0 Å². The fraction of sp³-hybridized carbons (Fsp3) is 0.308. The van der Waals surface area contributed by atoms with Crippen LogP contribution in [0.5, 0.6) is 0 Å². The quantitative estimate of drug-likeness (QED) is 0.435. The van der Waals surface area contributed by atoms with E-state index in [9.17, 15) is 0 Å². The van der Waals surface area contributed by atoms with Crippen LogP contribution in [0.4, 0.5) is 23.1 Å². The van der Waals surface area contributed by atoms with Gasteiger partial charge in [0.25, 0.3) is 0 Å². The minimum absolute atomic E-state index is 0.136. The molecule has 34 heavy (non-hydrogen) atoms. The van der Waals surface area contributed by atoms with E-state index in [-0.39, 0.29) is 6.04 Å². The maximum absolute atomic E-state index is 6.09. The number of thiophene rings is 1. The second-order valence-corrected chi connectivity index (χ2v) is 9.76. The third kappa shape index (κ3) is 4.20. The predicted molar refractivity (Wildman–Crippen MR) is 139 cm³/mol. The van der Waals surface area contributed by atoms with E-state index >= 15 is 0 Å². The van der Waals surface area contributed by atoms with Gasteiger partial charge >= 0.3 is 0 Å². The summed E-state index contributed by atoms with van der Waals surface area (Å²) >= 11 is 1.65. The van der Waals surface area contributed by atoms with Crippen molar-refractivity contribution < 1.29 is 4.84 Å². The van der Waals surface area contributed by atoms with Crippen molar-refractivity contribution in [1.29, 1.82) is 0 Å². The topological polar surface area (TPSA) is 56.8 Å². The Morgan fingerprint density at radius 2 is 1.74 bits per heavy atom. The lowest BCUT2D eigenvalue weighted by Crippen LogP contribution is -2.44. The van der Waals surface area contributed by atoms with Gasteiger partial charge in [0.05, 0.1) is 22.9 Å². The minimum Gasteiger partial charge on any atom is -0.369 e. The van der Waals surface area contributed by atoms with Crippen LogP contribution in [0.25, 0.3) is 10.2 Å². The summed E-state index contributed by atoms with van der Waals surface area (Å²) in [6.45, 7) is 4.98. The first-order valence-corrected chi connectivity index (χ1v) is 12.7. The Bertz CT molecular complexity index is 1250. The van der Waals surface area contributed by atoms with E-state index in [1.807, 2.05) is 17.2 Å². The second kappa shape index (κ2) is 9.21. The number of nitrogens with zero attached hydrogens (tertiary/aromatic N) is 5. The van der Waals surface area contributed by atoms with Crippen molar-refractivity contribution in [3.63, 3.8) is 0 Å². The first kappa shape index (κ1) is 21.3. The molecule has 2 saturated heterocycles. The molecule has 2 aliphatic heterocycles.